The van der Waals surface area contributed by atoms with Gasteiger partial charge in [-0.05, 0) is 40.5 Å². The monoisotopic (exact) mass is 362 g/mol. The molecule has 1 aromatic rings. The van der Waals surface area contributed by atoms with Gasteiger partial charge in [0, 0.05) is 18.1 Å². The Labute approximate surface area is 128 Å². The zero-order chi connectivity index (χ0) is 15.3. The average Bonchev–Trinajstić information content (AvgIpc) is 2.37. The Bertz CT molecular complexity index is 587. The second-order valence-corrected chi connectivity index (χ2v) is 7.04. The molecule has 1 amide bonds. The van der Waals surface area contributed by atoms with E-state index in [9.17, 15) is 13.2 Å². The molecule has 0 spiro atoms. The smallest absolute Gasteiger partial charge is 0.254 e. The minimum atomic E-state index is -3.81. The van der Waals surface area contributed by atoms with E-state index in [2.05, 4.69) is 22.9 Å². The summed E-state index contributed by atoms with van der Waals surface area (Å²) >= 11 is 3.26. The Kier molecular flexibility index (Phi) is 6.16. The zero-order valence-corrected chi connectivity index (χ0v) is 14.0. The Balaban J connectivity index is 2.97. The molecular formula is C13H19BrN2O3S. The first kappa shape index (κ1) is 17.1. The lowest BCUT2D eigenvalue weighted by Gasteiger charge is -2.18. The number of sulfonamides is 1. The highest BCUT2D eigenvalue weighted by molar-refractivity contribution is 9.10. The van der Waals surface area contributed by atoms with Crippen molar-refractivity contribution < 1.29 is 13.2 Å². The molecule has 0 heterocycles. The molecule has 7 heteroatoms. The SMILES string of the molecule is CCCCCN(C)C(=O)c1cc(S(N)(=O)=O)ccc1Br. The van der Waals surface area contributed by atoms with Gasteiger partial charge in [-0.3, -0.25) is 4.79 Å². The number of hydrogen-bond donors (Lipinski definition) is 1. The molecule has 1 rings (SSSR count). The maximum Gasteiger partial charge on any atom is 0.254 e. The Morgan fingerprint density at radius 1 is 1.35 bits per heavy atom. The quantitative estimate of drug-likeness (QED) is 0.788. The highest BCUT2D eigenvalue weighted by Gasteiger charge is 2.18. The maximum absolute atomic E-state index is 12.3. The van der Waals surface area contributed by atoms with E-state index in [1.807, 2.05) is 0 Å². The molecule has 0 bridgehead atoms. The number of hydrogen-bond acceptors (Lipinski definition) is 3. The van der Waals surface area contributed by atoms with Crippen molar-refractivity contribution in [3.8, 4) is 0 Å². The van der Waals surface area contributed by atoms with Crippen molar-refractivity contribution in [2.75, 3.05) is 13.6 Å². The summed E-state index contributed by atoms with van der Waals surface area (Å²) in [6.07, 6.45) is 3.05. The van der Waals surface area contributed by atoms with E-state index in [0.717, 1.165) is 19.3 Å². The molecule has 0 saturated carbocycles. The van der Waals surface area contributed by atoms with Gasteiger partial charge in [-0.25, -0.2) is 13.6 Å². The first-order valence-electron chi connectivity index (χ1n) is 6.35. The molecule has 1 aromatic carbocycles. The number of primary sulfonamides is 1. The van der Waals surface area contributed by atoms with Crippen LogP contribution in [0.15, 0.2) is 27.6 Å². The molecule has 0 aliphatic heterocycles. The molecule has 20 heavy (non-hydrogen) atoms. The fourth-order valence-electron chi connectivity index (χ4n) is 1.75. The van der Waals surface area contributed by atoms with Crippen molar-refractivity contribution in [1.29, 1.82) is 0 Å². The predicted molar refractivity (Wildman–Crippen MR) is 82.0 cm³/mol. The van der Waals surface area contributed by atoms with Crippen molar-refractivity contribution in [2.24, 2.45) is 5.14 Å². The van der Waals surface area contributed by atoms with E-state index in [4.69, 9.17) is 5.14 Å². The Morgan fingerprint density at radius 2 is 2.00 bits per heavy atom. The van der Waals surface area contributed by atoms with Crippen LogP contribution in [0.1, 0.15) is 36.5 Å². The first-order valence-corrected chi connectivity index (χ1v) is 8.69. The van der Waals surface area contributed by atoms with Crippen molar-refractivity contribution in [2.45, 2.75) is 31.1 Å². The maximum atomic E-state index is 12.3. The van der Waals surface area contributed by atoms with Crippen LogP contribution in [0.25, 0.3) is 0 Å². The Morgan fingerprint density at radius 3 is 2.55 bits per heavy atom. The van der Waals surface area contributed by atoms with Crippen molar-refractivity contribution in [3.05, 3.63) is 28.2 Å². The van der Waals surface area contributed by atoms with Gasteiger partial charge < -0.3 is 4.90 Å². The summed E-state index contributed by atoms with van der Waals surface area (Å²) in [6, 6.07) is 4.19. The average molecular weight is 363 g/mol. The molecule has 2 N–H and O–H groups in total. The number of unbranched alkanes of at least 4 members (excludes halogenated alkanes) is 2. The van der Waals surface area contributed by atoms with Crippen LogP contribution in [-0.2, 0) is 10.0 Å². The highest BCUT2D eigenvalue weighted by atomic mass is 79.9. The van der Waals surface area contributed by atoms with E-state index in [1.165, 1.54) is 18.2 Å². The minimum Gasteiger partial charge on any atom is -0.342 e. The number of amides is 1. The van der Waals surface area contributed by atoms with Gasteiger partial charge >= 0.3 is 0 Å². The van der Waals surface area contributed by atoms with Crippen LogP contribution in [0, 0.1) is 0 Å². The number of nitrogens with zero attached hydrogens (tertiary/aromatic N) is 1. The third-order valence-corrected chi connectivity index (χ3v) is 4.54. The van der Waals surface area contributed by atoms with Crippen molar-refractivity contribution in [3.63, 3.8) is 0 Å². The third-order valence-electron chi connectivity index (χ3n) is 2.94. The van der Waals surface area contributed by atoms with E-state index < -0.39 is 10.0 Å². The molecule has 0 aromatic heterocycles. The van der Waals surface area contributed by atoms with Gasteiger partial charge in [-0.1, -0.05) is 19.8 Å². The lowest BCUT2D eigenvalue weighted by Crippen LogP contribution is -2.28. The third kappa shape index (κ3) is 4.57. The normalized spacial score (nSPS) is 11.4. The molecule has 0 unspecified atom stereocenters. The largest absolute Gasteiger partial charge is 0.342 e. The van der Waals surface area contributed by atoms with Gasteiger partial charge in [0.25, 0.3) is 5.91 Å². The van der Waals surface area contributed by atoms with Gasteiger partial charge in [0.1, 0.15) is 0 Å². The summed E-state index contributed by atoms with van der Waals surface area (Å²) in [5, 5.41) is 5.08. The van der Waals surface area contributed by atoms with Crippen LogP contribution in [0.3, 0.4) is 0 Å². The van der Waals surface area contributed by atoms with E-state index >= 15 is 0 Å². The molecule has 0 atom stereocenters. The molecule has 5 nitrogen and oxygen atoms in total. The van der Waals surface area contributed by atoms with Gasteiger partial charge in [-0.2, -0.15) is 0 Å². The number of halogens is 1. The fraction of sp³-hybridized carbons (Fsp3) is 0.462. The molecule has 0 aliphatic carbocycles. The van der Waals surface area contributed by atoms with Crippen LogP contribution in [-0.4, -0.2) is 32.8 Å². The number of carbonyl (C=O) groups excluding carboxylic acids is 1. The van der Waals surface area contributed by atoms with Gasteiger partial charge in [0.15, 0.2) is 0 Å². The standard InChI is InChI=1S/C13H19BrN2O3S/c1-3-4-5-8-16(2)13(17)11-9-10(20(15,18)19)6-7-12(11)14/h6-7,9H,3-5,8H2,1-2H3,(H2,15,18,19). The molecule has 112 valence electrons. The van der Waals surface area contributed by atoms with Crippen LogP contribution in [0.2, 0.25) is 0 Å². The Hall–Kier alpha value is -0.920. The van der Waals surface area contributed by atoms with E-state index in [0.29, 0.717) is 16.6 Å². The van der Waals surface area contributed by atoms with Gasteiger partial charge in [0.2, 0.25) is 10.0 Å². The number of rotatable bonds is 6. The fourth-order valence-corrected chi connectivity index (χ4v) is 2.71. The lowest BCUT2D eigenvalue weighted by molar-refractivity contribution is 0.0791. The topological polar surface area (TPSA) is 80.5 Å². The first-order chi connectivity index (χ1) is 9.27. The predicted octanol–water partition coefficient (Wildman–Crippen LogP) is 2.36. The van der Waals surface area contributed by atoms with Crippen LogP contribution in [0.4, 0.5) is 0 Å². The van der Waals surface area contributed by atoms with Gasteiger partial charge in [0.05, 0.1) is 10.5 Å². The summed E-state index contributed by atoms with van der Waals surface area (Å²) in [7, 11) is -2.11. The van der Waals surface area contributed by atoms with E-state index in [1.54, 1.807) is 11.9 Å². The number of carbonyl (C=O) groups is 1. The highest BCUT2D eigenvalue weighted by Crippen LogP contribution is 2.22. The number of nitrogens with two attached hydrogens (primary N) is 1. The molecule has 0 aliphatic rings. The summed E-state index contributed by atoms with van der Waals surface area (Å²) in [6.45, 7) is 2.73. The van der Waals surface area contributed by atoms with E-state index in [-0.39, 0.29) is 10.8 Å². The summed E-state index contributed by atoms with van der Waals surface area (Å²) in [5.41, 5.74) is 0.301. The summed E-state index contributed by atoms with van der Waals surface area (Å²) in [4.78, 5) is 13.8. The van der Waals surface area contributed by atoms with Gasteiger partial charge in [-0.15, -0.1) is 0 Å². The van der Waals surface area contributed by atoms with Crippen LogP contribution < -0.4 is 5.14 Å². The number of benzene rings is 1. The van der Waals surface area contributed by atoms with Crippen molar-refractivity contribution in [1.82, 2.24) is 4.90 Å². The van der Waals surface area contributed by atoms with Crippen molar-refractivity contribution >= 4 is 31.9 Å². The molecule has 0 radical (unpaired) electrons. The molecule has 0 saturated heterocycles. The second-order valence-electron chi connectivity index (χ2n) is 4.62. The second kappa shape index (κ2) is 7.19. The van der Waals surface area contributed by atoms with Crippen LogP contribution in [0.5, 0.6) is 0 Å². The van der Waals surface area contributed by atoms with Crippen LogP contribution >= 0.6 is 15.9 Å². The zero-order valence-electron chi connectivity index (χ0n) is 11.6. The molecule has 0 fully saturated rings. The summed E-state index contributed by atoms with van der Waals surface area (Å²) < 4.78 is 23.2. The lowest BCUT2D eigenvalue weighted by atomic mass is 10.2. The molecular weight excluding hydrogens is 344 g/mol. The summed E-state index contributed by atoms with van der Waals surface area (Å²) in [5.74, 6) is -0.224. The minimum absolute atomic E-state index is 0.0639.